The SMILES string of the molecule is CCCCCCc1ccc(S(=O)(=O)NC(Cc2ccccc2)C(=O)OC)cc1. The summed E-state index contributed by atoms with van der Waals surface area (Å²) in [6.07, 6.45) is 5.84. The fourth-order valence-corrected chi connectivity index (χ4v) is 4.20. The molecule has 0 saturated carbocycles. The molecule has 1 atom stereocenters. The van der Waals surface area contributed by atoms with Gasteiger partial charge >= 0.3 is 5.97 Å². The summed E-state index contributed by atoms with van der Waals surface area (Å²) < 4.78 is 32.8. The number of carbonyl (C=O) groups excluding carboxylic acids is 1. The molecular formula is C22H29NO4S. The third kappa shape index (κ3) is 6.77. The minimum Gasteiger partial charge on any atom is -0.468 e. The molecule has 0 bridgehead atoms. The van der Waals surface area contributed by atoms with Crippen LogP contribution in [0.1, 0.15) is 43.7 Å². The second-order valence-electron chi connectivity index (χ2n) is 6.84. The molecule has 0 aliphatic heterocycles. The van der Waals surface area contributed by atoms with Crippen LogP contribution in [0.2, 0.25) is 0 Å². The summed E-state index contributed by atoms with van der Waals surface area (Å²) in [5.41, 5.74) is 1.96. The summed E-state index contributed by atoms with van der Waals surface area (Å²) in [5.74, 6) is -0.611. The maximum atomic E-state index is 12.7. The van der Waals surface area contributed by atoms with Crippen LogP contribution in [0.5, 0.6) is 0 Å². The predicted octanol–water partition coefficient (Wildman–Crippen LogP) is 3.87. The lowest BCUT2D eigenvalue weighted by Crippen LogP contribution is -2.42. The molecule has 152 valence electrons. The number of carbonyl (C=O) groups is 1. The molecule has 6 heteroatoms. The largest absolute Gasteiger partial charge is 0.468 e. The zero-order valence-electron chi connectivity index (χ0n) is 16.6. The van der Waals surface area contributed by atoms with Crippen molar-refractivity contribution in [2.24, 2.45) is 0 Å². The van der Waals surface area contributed by atoms with Gasteiger partial charge in [-0.15, -0.1) is 0 Å². The number of hydrogen-bond acceptors (Lipinski definition) is 4. The van der Waals surface area contributed by atoms with Gasteiger partial charge in [0, 0.05) is 0 Å². The highest BCUT2D eigenvalue weighted by molar-refractivity contribution is 7.89. The van der Waals surface area contributed by atoms with E-state index in [0.29, 0.717) is 0 Å². The smallest absolute Gasteiger partial charge is 0.324 e. The lowest BCUT2D eigenvalue weighted by Gasteiger charge is -2.17. The van der Waals surface area contributed by atoms with Gasteiger partial charge in [-0.2, -0.15) is 4.72 Å². The molecule has 5 nitrogen and oxygen atoms in total. The number of esters is 1. The molecular weight excluding hydrogens is 374 g/mol. The number of aryl methyl sites for hydroxylation is 1. The fourth-order valence-electron chi connectivity index (χ4n) is 3.01. The lowest BCUT2D eigenvalue weighted by atomic mass is 10.1. The van der Waals surface area contributed by atoms with Crippen molar-refractivity contribution in [3.05, 3.63) is 65.7 Å². The molecule has 0 aromatic heterocycles. The van der Waals surface area contributed by atoms with Crippen molar-refractivity contribution < 1.29 is 17.9 Å². The van der Waals surface area contributed by atoms with Crippen molar-refractivity contribution in [1.82, 2.24) is 4.72 Å². The molecule has 1 unspecified atom stereocenters. The summed E-state index contributed by atoms with van der Waals surface area (Å²) >= 11 is 0. The van der Waals surface area contributed by atoms with Gasteiger partial charge in [-0.3, -0.25) is 4.79 Å². The highest BCUT2D eigenvalue weighted by Crippen LogP contribution is 2.15. The number of sulfonamides is 1. The van der Waals surface area contributed by atoms with Crippen molar-refractivity contribution in [3.63, 3.8) is 0 Å². The normalized spacial score (nSPS) is 12.5. The van der Waals surface area contributed by atoms with Crippen LogP contribution in [-0.2, 0) is 32.4 Å². The van der Waals surface area contributed by atoms with E-state index in [1.54, 1.807) is 12.1 Å². The van der Waals surface area contributed by atoms with E-state index in [0.717, 1.165) is 24.0 Å². The molecule has 2 aromatic rings. The molecule has 0 spiro atoms. The Balaban J connectivity index is 2.07. The Hall–Kier alpha value is -2.18. The first-order valence-corrected chi connectivity index (χ1v) is 11.2. The number of rotatable bonds is 11. The highest BCUT2D eigenvalue weighted by Gasteiger charge is 2.26. The molecule has 28 heavy (non-hydrogen) atoms. The maximum absolute atomic E-state index is 12.7. The molecule has 2 aromatic carbocycles. The van der Waals surface area contributed by atoms with Crippen LogP contribution >= 0.6 is 0 Å². The Morgan fingerprint density at radius 1 is 0.964 bits per heavy atom. The Morgan fingerprint density at radius 3 is 2.25 bits per heavy atom. The van der Waals surface area contributed by atoms with Gasteiger partial charge < -0.3 is 4.74 Å². The summed E-state index contributed by atoms with van der Waals surface area (Å²) in [6, 6.07) is 15.1. The van der Waals surface area contributed by atoms with Crippen LogP contribution < -0.4 is 4.72 Å². The van der Waals surface area contributed by atoms with Gasteiger partial charge in [-0.05, 0) is 42.5 Å². The monoisotopic (exact) mass is 403 g/mol. The molecule has 2 rings (SSSR count). The fraction of sp³-hybridized carbons (Fsp3) is 0.409. The van der Waals surface area contributed by atoms with Crippen LogP contribution in [0.4, 0.5) is 0 Å². The van der Waals surface area contributed by atoms with E-state index < -0.39 is 22.0 Å². The third-order valence-electron chi connectivity index (χ3n) is 4.62. The number of hydrogen-bond donors (Lipinski definition) is 1. The zero-order chi connectivity index (χ0) is 20.4. The Kier molecular flexibility index (Phi) is 8.67. The standard InChI is InChI=1S/C22H29NO4S/c1-3-4-5-7-10-18-13-15-20(16-14-18)28(25,26)23-21(22(24)27-2)17-19-11-8-6-9-12-19/h6,8-9,11-16,21,23H,3-5,7,10,17H2,1-2H3. The molecule has 0 amide bonds. The zero-order valence-corrected chi connectivity index (χ0v) is 17.4. The summed E-state index contributed by atoms with van der Waals surface area (Å²) in [4.78, 5) is 12.2. The first-order chi connectivity index (χ1) is 13.5. The molecule has 0 fully saturated rings. The minimum absolute atomic E-state index is 0.145. The maximum Gasteiger partial charge on any atom is 0.324 e. The van der Waals surface area contributed by atoms with Gasteiger partial charge in [-0.1, -0.05) is 68.7 Å². The van der Waals surface area contributed by atoms with Gasteiger partial charge in [0.1, 0.15) is 6.04 Å². The second kappa shape index (κ2) is 11.0. The quantitative estimate of drug-likeness (QED) is 0.457. The predicted molar refractivity (Wildman–Crippen MR) is 111 cm³/mol. The van der Waals surface area contributed by atoms with Gasteiger partial charge in [0.2, 0.25) is 10.0 Å². The van der Waals surface area contributed by atoms with Gasteiger partial charge in [0.15, 0.2) is 0 Å². The summed E-state index contributed by atoms with van der Waals surface area (Å²) in [5, 5.41) is 0. The van der Waals surface area contributed by atoms with Crippen LogP contribution in [0.25, 0.3) is 0 Å². The van der Waals surface area contributed by atoms with Crippen LogP contribution in [0, 0.1) is 0 Å². The molecule has 0 heterocycles. The summed E-state index contributed by atoms with van der Waals surface area (Å²) in [7, 11) is -2.58. The van der Waals surface area contributed by atoms with Crippen LogP contribution in [0.3, 0.4) is 0 Å². The van der Waals surface area contributed by atoms with Crippen molar-refractivity contribution in [3.8, 4) is 0 Å². The number of unbranched alkanes of at least 4 members (excludes halogenated alkanes) is 3. The van der Waals surface area contributed by atoms with Crippen molar-refractivity contribution >= 4 is 16.0 Å². The molecule has 0 saturated heterocycles. The number of ether oxygens (including phenoxy) is 1. The molecule has 1 N–H and O–H groups in total. The van der Waals surface area contributed by atoms with E-state index >= 15 is 0 Å². The minimum atomic E-state index is -3.83. The number of benzene rings is 2. The van der Waals surface area contributed by atoms with Crippen LogP contribution in [-0.4, -0.2) is 27.5 Å². The van der Waals surface area contributed by atoms with Crippen molar-refractivity contribution in [2.45, 2.75) is 56.4 Å². The molecule has 0 radical (unpaired) electrons. The molecule has 0 aliphatic rings. The van der Waals surface area contributed by atoms with Crippen molar-refractivity contribution in [2.75, 3.05) is 7.11 Å². The van der Waals surface area contributed by atoms with Gasteiger partial charge in [0.25, 0.3) is 0 Å². The average Bonchev–Trinajstić information content (AvgIpc) is 2.71. The number of nitrogens with one attached hydrogen (secondary N) is 1. The Labute approximate surface area is 168 Å². The van der Waals surface area contributed by atoms with E-state index in [1.165, 1.54) is 26.4 Å². The summed E-state index contributed by atoms with van der Waals surface area (Å²) in [6.45, 7) is 2.17. The Morgan fingerprint density at radius 2 is 1.64 bits per heavy atom. The lowest BCUT2D eigenvalue weighted by molar-refractivity contribution is -0.142. The third-order valence-corrected chi connectivity index (χ3v) is 6.11. The van der Waals surface area contributed by atoms with E-state index in [1.807, 2.05) is 42.5 Å². The topological polar surface area (TPSA) is 72.5 Å². The van der Waals surface area contributed by atoms with Gasteiger partial charge in [-0.25, -0.2) is 8.42 Å². The number of methoxy groups -OCH3 is 1. The van der Waals surface area contributed by atoms with E-state index in [-0.39, 0.29) is 11.3 Å². The molecule has 0 aliphatic carbocycles. The van der Waals surface area contributed by atoms with Gasteiger partial charge in [0.05, 0.1) is 12.0 Å². The first-order valence-electron chi connectivity index (χ1n) is 9.69. The first kappa shape index (κ1) is 22.1. The van der Waals surface area contributed by atoms with E-state index in [2.05, 4.69) is 11.6 Å². The average molecular weight is 404 g/mol. The highest BCUT2D eigenvalue weighted by atomic mass is 32.2. The second-order valence-corrected chi connectivity index (χ2v) is 8.56. The van der Waals surface area contributed by atoms with Crippen LogP contribution in [0.15, 0.2) is 59.5 Å². The van der Waals surface area contributed by atoms with E-state index in [9.17, 15) is 13.2 Å². The van der Waals surface area contributed by atoms with E-state index in [4.69, 9.17) is 4.74 Å². The van der Waals surface area contributed by atoms with Crippen molar-refractivity contribution in [1.29, 1.82) is 0 Å². The Bertz CT molecular complexity index is 833.